The zero-order valence-electron chi connectivity index (χ0n) is 8.86. The van der Waals surface area contributed by atoms with Crippen molar-refractivity contribution in [3.05, 3.63) is 10.1 Å². The van der Waals surface area contributed by atoms with Gasteiger partial charge in [0.05, 0.1) is 0 Å². The van der Waals surface area contributed by atoms with Gasteiger partial charge in [0, 0.05) is 6.42 Å². The highest BCUT2D eigenvalue weighted by Gasteiger charge is 2.58. The fourth-order valence-corrected chi connectivity index (χ4v) is 3.06. The van der Waals surface area contributed by atoms with Gasteiger partial charge in [0.25, 0.3) is 10.2 Å². The van der Waals surface area contributed by atoms with Crippen LogP contribution in [0.2, 0.25) is 0 Å². The Labute approximate surface area is 100 Å². The van der Waals surface area contributed by atoms with Crippen LogP contribution in [0.1, 0.15) is 12.8 Å². The second kappa shape index (κ2) is 7.12. The maximum atomic E-state index is 10.7. The number of rotatable bonds is 5. The van der Waals surface area contributed by atoms with Crippen molar-refractivity contribution in [1.29, 1.82) is 0 Å². The first kappa shape index (κ1) is 19.8. The summed E-state index contributed by atoms with van der Waals surface area (Å²) >= 11 is 0. The maximum Gasteiger partial charge on any atom is 0.369 e. The standard InChI is InChI=1S/C4H13NO7P2.HNO3/c5-3-1-2-4(6,13(7,8)9)14(10,11)12;2-1(3)4/h6H,1-3,5H2,(H2,7,8,9)(H2,10,11,12);(H,2,3,4). The number of aliphatic hydroxyl groups is 1. The van der Waals surface area contributed by atoms with Gasteiger partial charge in [0.1, 0.15) is 0 Å². The predicted octanol–water partition coefficient (Wildman–Crippen LogP) is -1.62. The van der Waals surface area contributed by atoms with Gasteiger partial charge in [-0.05, 0) is 13.0 Å². The van der Waals surface area contributed by atoms with Gasteiger partial charge < -0.3 is 35.6 Å². The summed E-state index contributed by atoms with van der Waals surface area (Å²) in [5.41, 5.74) is 5.01. The van der Waals surface area contributed by atoms with Gasteiger partial charge in [-0.3, -0.25) is 9.13 Å². The molecule has 0 aromatic heterocycles. The summed E-state index contributed by atoms with van der Waals surface area (Å²) in [6, 6.07) is 0. The fourth-order valence-electron chi connectivity index (χ4n) is 0.800. The highest BCUT2D eigenvalue weighted by atomic mass is 31.2. The van der Waals surface area contributed by atoms with E-state index in [-0.39, 0.29) is 13.0 Å². The highest BCUT2D eigenvalue weighted by molar-refractivity contribution is 7.72. The predicted molar refractivity (Wildman–Crippen MR) is 56.1 cm³/mol. The molecule has 0 saturated carbocycles. The molecule has 0 aliphatic carbocycles. The van der Waals surface area contributed by atoms with Crippen molar-refractivity contribution in [2.45, 2.75) is 17.9 Å². The summed E-state index contributed by atoms with van der Waals surface area (Å²) in [6.07, 6.45) is -0.856. The minimum Gasteiger partial charge on any atom is -0.368 e. The monoisotopic (exact) mass is 312 g/mol. The van der Waals surface area contributed by atoms with E-state index < -0.39 is 31.8 Å². The number of hydrogen-bond acceptors (Lipinski definition) is 6. The van der Waals surface area contributed by atoms with E-state index in [1.807, 2.05) is 0 Å². The molecule has 0 atom stereocenters. The zero-order valence-corrected chi connectivity index (χ0v) is 10.6. The molecule has 12 nitrogen and oxygen atoms in total. The summed E-state index contributed by atoms with van der Waals surface area (Å²) in [5, 5.41) is 19.6. The molecule has 0 fully saturated rings. The van der Waals surface area contributed by atoms with E-state index in [0.717, 1.165) is 0 Å². The van der Waals surface area contributed by atoms with Gasteiger partial charge in [-0.2, -0.15) is 0 Å². The lowest BCUT2D eigenvalue weighted by molar-refractivity contribution is -0.742. The van der Waals surface area contributed by atoms with E-state index in [9.17, 15) is 14.2 Å². The molecule has 0 aromatic rings. The van der Waals surface area contributed by atoms with Crippen LogP contribution >= 0.6 is 15.2 Å². The molecule has 0 spiro atoms. The van der Waals surface area contributed by atoms with Gasteiger partial charge in [-0.15, -0.1) is 10.1 Å². The lowest BCUT2D eigenvalue weighted by atomic mass is 10.3. The van der Waals surface area contributed by atoms with Crippen LogP contribution in [-0.4, -0.2) is 46.6 Å². The van der Waals surface area contributed by atoms with Crippen molar-refractivity contribution in [3.8, 4) is 0 Å². The Morgan fingerprint density at radius 3 is 1.61 bits per heavy atom. The van der Waals surface area contributed by atoms with Gasteiger partial charge in [-0.25, -0.2) is 0 Å². The number of nitrogens with zero attached hydrogens (tertiary/aromatic N) is 1. The maximum absolute atomic E-state index is 10.7. The molecule has 0 saturated heterocycles. The van der Waals surface area contributed by atoms with Crippen LogP contribution in [-0.2, 0) is 9.13 Å². The van der Waals surface area contributed by atoms with Crippen molar-refractivity contribution < 1.29 is 44.1 Å². The molecule has 0 rings (SSSR count). The van der Waals surface area contributed by atoms with Crippen molar-refractivity contribution in [2.75, 3.05) is 6.54 Å². The Hall–Kier alpha value is -0.580. The van der Waals surface area contributed by atoms with E-state index in [2.05, 4.69) is 0 Å². The van der Waals surface area contributed by atoms with Crippen LogP contribution in [0.4, 0.5) is 0 Å². The van der Waals surface area contributed by atoms with Crippen molar-refractivity contribution >= 4 is 15.2 Å². The summed E-state index contributed by atoms with van der Waals surface area (Å²) in [5.74, 6) is 0. The van der Waals surface area contributed by atoms with Crippen molar-refractivity contribution in [1.82, 2.24) is 0 Å². The molecular formula is C4H14N2O10P2. The smallest absolute Gasteiger partial charge is 0.368 e. The van der Waals surface area contributed by atoms with E-state index in [4.69, 9.17) is 40.6 Å². The molecule has 0 heterocycles. The summed E-state index contributed by atoms with van der Waals surface area (Å²) < 4.78 is 21.4. The molecule has 0 aliphatic rings. The molecule has 18 heavy (non-hydrogen) atoms. The van der Waals surface area contributed by atoms with Crippen LogP contribution < -0.4 is 5.73 Å². The van der Waals surface area contributed by atoms with Crippen LogP contribution in [0, 0.1) is 10.1 Å². The van der Waals surface area contributed by atoms with E-state index >= 15 is 0 Å². The van der Waals surface area contributed by atoms with Crippen LogP contribution in [0.25, 0.3) is 0 Å². The zero-order chi connectivity index (χ0) is 15.2. The second-order valence-corrected chi connectivity index (χ2v) is 7.00. The summed E-state index contributed by atoms with van der Waals surface area (Å²) in [7, 11) is -10.6. The Morgan fingerprint density at radius 2 is 1.44 bits per heavy atom. The normalized spacial score (nSPS) is 12.6. The largest absolute Gasteiger partial charge is 0.369 e. The fraction of sp³-hybridized carbons (Fsp3) is 1.00. The van der Waals surface area contributed by atoms with Gasteiger partial charge >= 0.3 is 15.2 Å². The van der Waals surface area contributed by atoms with E-state index in [1.165, 1.54) is 0 Å². The summed E-state index contributed by atoms with van der Waals surface area (Å²) in [4.78, 5) is 42.9. The molecule has 14 heteroatoms. The van der Waals surface area contributed by atoms with Crippen LogP contribution in [0.5, 0.6) is 0 Å². The third-order valence-electron chi connectivity index (χ3n) is 1.65. The first-order valence-electron chi connectivity index (χ1n) is 4.16. The minimum atomic E-state index is -5.30. The van der Waals surface area contributed by atoms with Gasteiger partial charge in [0.15, 0.2) is 0 Å². The van der Waals surface area contributed by atoms with E-state index in [1.54, 1.807) is 0 Å². The lowest BCUT2D eigenvalue weighted by Crippen LogP contribution is -2.29. The van der Waals surface area contributed by atoms with Crippen LogP contribution in [0.3, 0.4) is 0 Å². The Morgan fingerprint density at radius 1 is 1.17 bits per heavy atom. The molecular weight excluding hydrogens is 298 g/mol. The van der Waals surface area contributed by atoms with Crippen molar-refractivity contribution in [2.24, 2.45) is 5.73 Å². The Balaban J connectivity index is 0. The molecule has 0 amide bonds. The molecule has 0 bridgehead atoms. The molecule has 110 valence electrons. The first-order valence-corrected chi connectivity index (χ1v) is 7.39. The Bertz CT molecular complexity index is 333. The topological polar surface area (TPSA) is 225 Å². The van der Waals surface area contributed by atoms with E-state index in [0.29, 0.717) is 0 Å². The Kier molecular flexibility index (Phi) is 7.81. The summed E-state index contributed by atoms with van der Waals surface area (Å²) in [6.45, 7) is -0.0394. The molecule has 0 aliphatic heterocycles. The number of nitrogens with two attached hydrogens (primary N) is 1. The average molecular weight is 312 g/mol. The number of hydrogen-bond donors (Lipinski definition) is 7. The first-order chi connectivity index (χ1) is 7.79. The van der Waals surface area contributed by atoms with Gasteiger partial charge in [0.2, 0.25) is 0 Å². The molecule has 0 aromatic carbocycles. The molecule has 0 radical (unpaired) electrons. The minimum absolute atomic E-state index is 0.0394. The lowest BCUT2D eigenvalue weighted by Gasteiger charge is -2.28. The highest BCUT2D eigenvalue weighted by Crippen LogP contribution is 2.69. The third kappa shape index (κ3) is 6.38. The third-order valence-corrected chi connectivity index (χ3v) is 5.53. The average Bonchev–Trinajstić information content (AvgIpc) is 2.09. The van der Waals surface area contributed by atoms with Gasteiger partial charge in [-0.1, -0.05) is 0 Å². The van der Waals surface area contributed by atoms with Crippen LogP contribution in [0.15, 0.2) is 0 Å². The molecule has 0 unspecified atom stereocenters. The van der Waals surface area contributed by atoms with Crippen molar-refractivity contribution in [3.63, 3.8) is 0 Å². The second-order valence-electron chi connectivity index (χ2n) is 2.99. The molecule has 8 N–H and O–H groups in total. The SMILES string of the molecule is NCCCC(O)(P(=O)(O)O)P(=O)(O)O.O=[N+]([O-])O. The quantitative estimate of drug-likeness (QED) is 0.173.